The number of nitrogens with zero attached hydrogens (tertiary/aromatic N) is 1. The SMILES string of the molecule is Cc1[se]nc(-c2ccccc2)c1C. The van der Waals surface area contributed by atoms with E-state index >= 15 is 0 Å². The van der Waals surface area contributed by atoms with Gasteiger partial charge in [0, 0.05) is 0 Å². The normalized spacial score (nSPS) is 10.3. The van der Waals surface area contributed by atoms with E-state index in [4.69, 9.17) is 0 Å². The maximum atomic E-state index is 4.57. The third-order valence-electron chi connectivity index (χ3n) is 2.20. The van der Waals surface area contributed by atoms with Gasteiger partial charge < -0.3 is 0 Å². The number of benzene rings is 1. The molecule has 0 saturated carbocycles. The van der Waals surface area contributed by atoms with Gasteiger partial charge in [0.25, 0.3) is 0 Å². The molecule has 0 bridgehead atoms. The van der Waals surface area contributed by atoms with E-state index in [0.29, 0.717) is 14.7 Å². The van der Waals surface area contributed by atoms with Crippen LogP contribution in [0.4, 0.5) is 0 Å². The van der Waals surface area contributed by atoms with Crippen molar-refractivity contribution in [2.24, 2.45) is 0 Å². The summed E-state index contributed by atoms with van der Waals surface area (Å²) in [4.78, 5) is 0. The summed E-state index contributed by atoms with van der Waals surface area (Å²) in [6.45, 7) is 4.34. The van der Waals surface area contributed by atoms with E-state index in [-0.39, 0.29) is 0 Å². The Labute approximate surface area is 84.4 Å². The molecule has 0 spiro atoms. The van der Waals surface area contributed by atoms with Crippen LogP contribution in [-0.2, 0) is 0 Å². The van der Waals surface area contributed by atoms with Crippen LogP contribution in [-0.4, -0.2) is 18.7 Å². The number of rotatable bonds is 1. The van der Waals surface area contributed by atoms with Gasteiger partial charge in [0.1, 0.15) is 0 Å². The molecular weight excluding hydrogens is 225 g/mol. The molecule has 0 fully saturated rings. The van der Waals surface area contributed by atoms with Crippen LogP contribution in [0.2, 0.25) is 0 Å². The Morgan fingerprint density at radius 2 is 1.77 bits per heavy atom. The van der Waals surface area contributed by atoms with E-state index in [1.807, 2.05) is 6.07 Å². The van der Waals surface area contributed by atoms with Crippen molar-refractivity contribution in [2.45, 2.75) is 13.8 Å². The summed E-state index contributed by atoms with van der Waals surface area (Å²) >= 11 is 0.343. The Morgan fingerprint density at radius 3 is 2.31 bits per heavy atom. The van der Waals surface area contributed by atoms with Crippen molar-refractivity contribution in [1.82, 2.24) is 3.98 Å². The van der Waals surface area contributed by atoms with E-state index in [1.165, 1.54) is 21.3 Å². The fraction of sp³-hybridized carbons (Fsp3) is 0.182. The van der Waals surface area contributed by atoms with Crippen LogP contribution >= 0.6 is 0 Å². The van der Waals surface area contributed by atoms with Crippen LogP contribution in [0.3, 0.4) is 0 Å². The van der Waals surface area contributed by atoms with E-state index in [1.54, 1.807) is 0 Å². The van der Waals surface area contributed by atoms with Gasteiger partial charge in [-0.25, -0.2) is 0 Å². The van der Waals surface area contributed by atoms with Crippen LogP contribution in [0.5, 0.6) is 0 Å². The molecule has 0 aliphatic carbocycles. The number of aryl methyl sites for hydroxylation is 1. The predicted octanol–water partition coefficient (Wildman–Crippen LogP) is 2.42. The molecule has 0 saturated heterocycles. The third kappa shape index (κ3) is 1.60. The minimum atomic E-state index is 0.343. The standard InChI is InChI=1S/C11H11NSe/c1-8-9(2)13-12-11(8)10-6-4-3-5-7-10/h3-7H,1-2H3. The first-order valence-electron chi connectivity index (χ1n) is 4.27. The zero-order valence-electron chi connectivity index (χ0n) is 7.74. The van der Waals surface area contributed by atoms with Gasteiger partial charge in [-0.05, 0) is 0 Å². The van der Waals surface area contributed by atoms with E-state index < -0.39 is 0 Å². The van der Waals surface area contributed by atoms with Crippen LogP contribution in [0.25, 0.3) is 11.3 Å². The molecule has 0 unspecified atom stereocenters. The summed E-state index contributed by atoms with van der Waals surface area (Å²) in [5, 5.41) is 0. The van der Waals surface area contributed by atoms with Crippen molar-refractivity contribution in [3.05, 3.63) is 40.3 Å². The van der Waals surface area contributed by atoms with Crippen molar-refractivity contribution in [1.29, 1.82) is 0 Å². The first kappa shape index (κ1) is 8.73. The summed E-state index contributed by atoms with van der Waals surface area (Å²) < 4.78 is 6.02. The third-order valence-corrected chi connectivity index (χ3v) is 4.00. The van der Waals surface area contributed by atoms with Gasteiger partial charge in [0.15, 0.2) is 0 Å². The molecule has 1 heterocycles. The summed E-state index contributed by atoms with van der Waals surface area (Å²) in [6, 6.07) is 10.4. The minimum absolute atomic E-state index is 0.343. The summed E-state index contributed by atoms with van der Waals surface area (Å²) in [5.41, 5.74) is 3.81. The molecule has 0 aliphatic rings. The molecule has 66 valence electrons. The molecule has 0 aliphatic heterocycles. The Balaban J connectivity index is 2.53. The van der Waals surface area contributed by atoms with Crippen molar-refractivity contribution < 1.29 is 0 Å². The topological polar surface area (TPSA) is 12.9 Å². The molecule has 0 radical (unpaired) electrons. The number of hydrogen-bond acceptors (Lipinski definition) is 1. The summed E-state index contributed by atoms with van der Waals surface area (Å²) in [7, 11) is 0. The maximum absolute atomic E-state index is 4.57. The van der Waals surface area contributed by atoms with Gasteiger partial charge in [0.2, 0.25) is 0 Å². The Kier molecular flexibility index (Phi) is 2.34. The molecule has 2 heteroatoms. The monoisotopic (exact) mass is 237 g/mol. The molecule has 1 aromatic heterocycles. The predicted molar refractivity (Wildman–Crippen MR) is 56.1 cm³/mol. The van der Waals surface area contributed by atoms with E-state index in [9.17, 15) is 0 Å². The molecule has 2 aromatic rings. The van der Waals surface area contributed by atoms with Gasteiger partial charge >= 0.3 is 84.1 Å². The first-order valence-corrected chi connectivity index (χ1v) is 5.89. The Hall–Kier alpha value is -0.851. The van der Waals surface area contributed by atoms with Crippen molar-refractivity contribution in [3.8, 4) is 11.3 Å². The zero-order valence-corrected chi connectivity index (χ0v) is 9.46. The summed E-state index contributed by atoms with van der Waals surface area (Å²) in [6.07, 6.45) is 0. The Bertz CT molecular complexity index is 403. The average molecular weight is 236 g/mol. The van der Waals surface area contributed by atoms with Crippen molar-refractivity contribution in [3.63, 3.8) is 0 Å². The van der Waals surface area contributed by atoms with Gasteiger partial charge in [-0.2, -0.15) is 0 Å². The van der Waals surface area contributed by atoms with Gasteiger partial charge in [0.05, 0.1) is 0 Å². The fourth-order valence-corrected chi connectivity index (χ4v) is 2.76. The molecule has 0 amide bonds. The number of hydrogen-bond donors (Lipinski definition) is 0. The van der Waals surface area contributed by atoms with Crippen LogP contribution in [0, 0.1) is 13.8 Å². The molecule has 1 aromatic carbocycles. The molecule has 0 N–H and O–H groups in total. The van der Waals surface area contributed by atoms with Gasteiger partial charge in [-0.1, -0.05) is 0 Å². The Morgan fingerprint density at radius 1 is 1.08 bits per heavy atom. The molecule has 1 nitrogen and oxygen atoms in total. The second kappa shape index (κ2) is 3.49. The van der Waals surface area contributed by atoms with Gasteiger partial charge in [-0.3, -0.25) is 0 Å². The average Bonchev–Trinajstić information content (AvgIpc) is 2.49. The van der Waals surface area contributed by atoms with E-state index in [2.05, 4.69) is 42.1 Å². The zero-order chi connectivity index (χ0) is 9.26. The van der Waals surface area contributed by atoms with Crippen LogP contribution in [0.15, 0.2) is 30.3 Å². The second-order valence-corrected chi connectivity index (χ2v) is 5.13. The fourth-order valence-electron chi connectivity index (χ4n) is 1.28. The van der Waals surface area contributed by atoms with Crippen LogP contribution in [0.1, 0.15) is 10.0 Å². The van der Waals surface area contributed by atoms with Crippen molar-refractivity contribution in [2.75, 3.05) is 0 Å². The summed E-state index contributed by atoms with van der Waals surface area (Å²) in [5.74, 6) is 0. The quantitative estimate of drug-likeness (QED) is 0.693. The molecule has 13 heavy (non-hydrogen) atoms. The van der Waals surface area contributed by atoms with Crippen LogP contribution < -0.4 is 0 Å². The van der Waals surface area contributed by atoms with E-state index in [0.717, 1.165) is 0 Å². The molecule has 0 atom stereocenters. The second-order valence-electron chi connectivity index (χ2n) is 3.08. The molecule has 2 rings (SSSR count). The van der Waals surface area contributed by atoms with Crippen molar-refractivity contribution >= 4 is 14.7 Å². The molecular formula is C11H11NSe. The van der Waals surface area contributed by atoms with Gasteiger partial charge in [-0.15, -0.1) is 0 Å². The number of aromatic nitrogens is 1. The first-order chi connectivity index (χ1) is 6.29.